The number of aliphatic carboxylic acids is 1. The molecule has 8 nitrogen and oxygen atoms in total. The molecule has 0 bridgehead atoms. The van der Waals surface area contributed by atoms with Crippen molar-refractivity contribution < 1.29 is 18.3 Å². The fourth-order valence-corrected chi connectivity index (χ4v) is 2.68. The summed E-state index contributed by atoms with van der Waals surface area (Å²) in [5.74, 6) is -0.943. The Labute approximate surface area is 129 Å². The summed E-state index contributed by atoms with van der Waals surface area (Å²) in [6, 6.07) is 3.18. The maximum absolute atomic E-state index is 12.1. The minimum Gasteiger partial charge on any atom is -0.480 e. The van der Waals surface area contributed by atoms with Crippen molar-refractivity contribution in [3.05, 3.63) is 34.7 Å². The normalized spacial score (nSPS) is 11.3. The highest BCUT2D eigenvalue weighted by atomic mass is 79.9. The first-order chi connectivity index (χ1) is 9.78. The molecule has 0 fully saturated rings. The first kappa shape index (κ1) is 15.4. The molecule has 0 saturated carbocycles. The van der Waals surface area contributed by atoms with Crippen LogP contribution < -0.4 is 4.72 Å². The third-order valence-electron chi connectivity index (χ3n) is 2.48. The summed E-state index contributed by atoms with van der Waals surface area (Å²) in [5, 5.41) is 12.3. The van der Waals surface area contributed by atoms with Gasteiger partial charge in [0.15, 0.2) is 0 Å². The lowest BCUT2D eigenvalue weighted by Gasteiger charge is -2.06. The van der Waals surface area contributed by atoms with E-state index in [2.05, 4.69) is 30.7 Å². The molecule has 0 aliphatic carbocycles. The van der Waals surface area contributed by atoms with Crippen molar-refractivity contribution >= 4 is 37.7 Å². The van der Waals surface area contributed by atoms with E-state index in [0.717, 1.165) is 21.5 Å². The molecule has 0 radical (unpaired) electrons. The molecule has 2 N–H and O–H groups in total. The van der Waals surface area contributed by atoms with Gasteiger partial charge < -0.3 is 5.11 Å². The first-order valence-electron chi connectivity index (χ1n) is 5.68. The summed E-state index contributed by atoms with van der Waals surface area (Å²) in [4.78, 5) is 14.5. The van der Waals surface area contributed by atoms with Crippen LogP contribution in [0.3, 0.4) is 0 Å². The second kappa shape index (κ2) is 5.82. The summed E-state index contributed by atoms with van der Waals surface area (Å²) in [5.41, 5.74) is 0.636. The van der Waals surface area contributed by atoms with Crippen molar-refractivity contribution in [1.29, 1.82) is 0 Å². The predicted molar refractivity (Wildman–Crippen MR) is 77.3 cm³/mol. The Kier molecular flexibility index (Phi) is 4.28. The van der Waals surface area contributed by atoms with Gasteiger partial charge in [0.2, 0.25) is 0 Å². The predicted octanol–water partition coefficient (Wildman–Crippen LogP) is 1.23. The summed E-state index contributed by atoms with van der Waals surface area (Å²) in [6.07, 6.45) is 2.22. The summed E-state index contributed by atoms with van der Waals surface area (Å²) >= 11 is 3.27. The van der Waals surface area contributed by atoms with Crippen LogP contribution in [0.15, 0.2) is 33.9 Å². The van der Waals surface area contributed by atoms with Crippen molar-refractivity contribution in [3.63, 3.8) is 0 Å². The minimum atomic E-state index is -3.86. The van der Waals surface area contributed by atoms with E-state index < -0.39 is 22.5 Å². The number of hydrogen-bond acceptors (Lipinski definition) is 5. The van der Waals surface area contributed by atoms with E-state index in [1.807, 2.05) is 0 Å². The number of nitrogens with zero attached hydrogens (tertiary/aromatic N) is 3. The zero-order valence-electron chi connectivity index (χ0n) is 10.8. The van der Waals surface area contributed by atoms with Gasteiger partial charge in [-0.1, -0.05) is 0 Å². The number of halogens is 1. The fourth-order valence-electron chi connectivity index (χ4n) is 1.51. The van der Waals surface area contributed by atoms with Crippen LogP contribution in [-0.2, 0) is 21.4 Å². The first-order valence-corrected chi connectivity index (χ1v) is 7.96. The Morgan fingerprint density at radius 1 is 1.48 bits per heavy atom. The Balaban J connectivity index is 2.23. The van der Waals surface area contributed by atoms with Crippen LogP contribution in [0, 0.1) is 6.92 Å². The largest absolute Gasteiger partial charge is 0.480 e. The zero-order valence-corrected chi connectivity index (χ0v) is 13.2. The number of sulfonamides is 1. The molecule has 0 unspecified atom stereocenters. The minimum absolute atomic E-state index is 0.133. The van der Waals surface area contributed by atoms with Crippen LogP contribution >= 0.6 is 15.9 Å². The molecule has 0 spiro atoms. The average Bonchev–Trinajstić information content (AvgIpc) is 2.82. The van der Waals surface area contributed by atoms with Gasteiger partial charge in [-0.05, 0) is 35.0 Å². The van der Waals surface area contributed by atoms with Crippen LogP contribution in [-0.4, -0.2) is 34.3 Å². The van der Waals surface area contributed by atoms with Crippen LogP contribution in [0.25, 0.3) is 0 Å². The van der Waals surface area contributed by atoms with E-state index in [-0.39, 0.29) is 10.7 Å². The molecule has 0 amide bonds. The number of aryl methyl sites for hydroxylation is 1. The Bertz CT molecular complexity index is 787. The number of pyridine rings is 1. The number of anilines is 1. The van der Waals surface area contributed by atoms with E-state index in [1.54, 1.807) is 13.0 Å². The van der Waals surface area contributed by atoms with E-state index in [0.29, 0.717) is 5.69 Å². The molecule has 0 aliphatic rings. The molecule has 0 atom stereocenters. The van der Waals surface area contributed by atoms with Gasteiger partial charge in [0.05, 0.1) is 11.9 Å². The van der Waals surface area contributed by atoms with Gasteiger partial charge in [-0.15, -0.1) is 0 Å². The Morgan fingerprint density at radius 2 is 2.19 bits per heavy atom. The van der Waals surface area contributed by atoms with Gasteiger partial charge in [0.25, 0.3) is 10.0 Å². The number of hydrogen-bond donors (Lipinski definition) is 2. The maximum atomic E-state index is 12.1. The quantitative estimate of drug-likeness (QED) is 0.813. The van der Waals surface area contributed by atoms with Gasteiger partial charge in [0.1, 0.15) is 17.3 Å². The van der Waals surface area contributed by atoms with Crippen LogP contribution in [0.2, 0.25) is 0 Å². The van der Waals surface area contributed by atoms with Crippen molar-refractivity contribution in [2.75, 3.05) is 4.72 Å². The van der Waals surface area contributed by atoms with Crippen LogP contribution in [0.1, 0.15) is 5.69 Å². The molecule has 2 aromatic heterocycles. The molecule has 2 heterocycles. The smallest absolute Gasteiger partial charge is 0.325 e. The average molecular weight is 375 g/mol. The number of aromatic nitrogens is 3. The molecule has 0 aromatic carbocycles. The monoisotopic (exact) mass is 374 g/mol. The highest BCUT2D eigenvalue weighted by Crippen LogP contribution is 2.19. The van der Waals surface area contributed by atoms with Gasteiger partial charge >= 0.3 is 5.97 Å². The SMILES string of the molecule is Cc1nc(NS(=O)(=O)c2cnn(CC(=O)O)c2)ccc1Br. The third kappa shape index (κ3) is 3.79. The van der Waals surface area contributed by atoms with Gasteiger partial charge in [-0.2, -0.15) is 5.10 Å². The van der Waals surface area contributed by atoms with E-state index >= 15 is 0 Å². The maximum Gasteiger partial charge on any atom is 0.325 e. The Hall–Kier alpha value is -1.94. The van der Waals surface area contributed by atoms with Crippen molar-refractivity contribution in [3.8, 4) is 0 Å². The van der Waals surface area contributed by atoms with Crippen molar-refractivity contribution in [1.82, 2.24) is 14.8 Å². The fraction of sp³-hybridized carbons (Fsp3) is 0.182. The summed E-state index contributed by atoms with van der Waals surface area (Å²) in [7, 11) is -3.86. The third-order valence-corrected chi connectivity index (χ3v) is 4.62. The number of nitrogens with one attached hydrogen (secondary N) is 1. The number of carboxylic acids is 1. The zero-order chi connectivity index (χ0) is 15.6. The molecular formula is C11H11BrN4O4S. The molecule has 2 rings (SSSR count). The molecule has 112 valence electrons. The lowest BCUT2D eigenvalue weighted by molar-refractivity contribution is -0.137. The molecule has 21 heavy (non-hydrogen) atoms. The Morgan fingerprint density at radius 3 is 2.81 bits per heavy atom. The van der Waals surface area contributed by atoms with Crippen LogP contribution in [0.5, 0.6) is 0 Å². The molecule has 2 aromatic rings. The highest BCUT2D eigenvalue weighted by Gasteiger charge is 2.18. The number of carboxylic acid groups (broad SMARTS) is 1. The summed E-state index contributed by atoms with van der Waals surface area (Å²) in [6.45, 7) is 1.32. The molecule has 0 saturated heterocycles. The van der Waals surface area contributed by atoms with E-state index in [4.69, 9.17) is 5.11 Å². The lowest BCUT2D eigenvalue weighted by atomic mass is 10.4. The van der Waals surface area contributed by atoms with Gasteiger partial charge in [0, 0.05) is 10.7 Å². The molecule has 10 heteroatoms. The summed E-state index contributed by atoms with van der Waals surface area (Å²) < 4.78 is 28.4. The van der Waals surface area contributed by atoms with E-state index in [9.17, 15) is 13.2 Å². The van der Waals surface area contributed by atoms with E-state index in [1.165, 1.54) is 6.07 Å². The second-order valence-electron chi connectivity index (χ2n) is 4.14. The lowest BCUT2D eigenvalue weighted by Crippen LogP contribution is -2.14. The van der Waals surface area contributed by atoms with Crippen LogP contribution in [0.4, 0.5) is 5.82 Å². The molecular weight excluding hydrogens is 364 g/mol. The van der Waals surface area contributed by atoms with Crippen molar-refractivity contribution in [2.24, 2.45) is 0 Å². The number of carbonyl (C=O) groups is 1. The highest BCUT2D eigenvalue weighted by molar-refractivity contribution is 9.10. The topological polar surface area (TPSA) is 114 Å². The molecule has 0 aliphatic heterocycles. The number of rotatable bonds is 5. The van der Waals surface area contributed by atoms with Crippen molar-refractivity contribution in [2.45, 2.75) is 18.4 Å². The second-order valence-corrected chi connectivity index (χ2v) is 6.67. The van der Waals surface area contributed by atoms with Gasteiger partial charge in [-0.3, -0.25) is 14.2 Å². The standard InChI is InChI=1S/C11H11BrN4O4S/c1-7-9(12)2-3-10(14-7)15-21(19,20)8-4-13-16(5-8)6-11(17)18/h2-5H,6H2,1H3,(H,14,15)(H,17,18). The van der Waals surface area contributed by atoms with Gasteiger partial charge in [-0.25, -0.2) is 13.4 Å².